The molecule has 2 heteroatoms. The zero-order valence-corrected chi connectivity index (χ0v) is 7.35. The Morgan fingerprint density at radius 3 is 2.92 bits per heavy atom. The van der Waals surface area contributed by atoms with Crippen molar-refractivity contribution in [3.05, 3.63) is 48.2 Å². The van der Waals surface area contributed by atoms with Gasteiger partial charge in [-0.25, -0.2) is 0 Å². The van der Waals surface area contributed by atoms with Crippen LogP contribution in [-0.2, 0) is 0 Å². The van der Waals surface area contributed by atoms with E-state index in [0.717, 1.165) is 6.54 Å². The van der Waals surface area contributed by atoms with E-state index in [2.05, 4.69) is 34.6 Å². The molecule has 1 heterocycles. The molecule has 0 aliphatic carbocycles. The number of nitrogens with zero attached hydrogens (tertiary/aromatic N) is 1. The Morgan fingerprint density at radius 2 is 2.08 bits per heavy atom. The minimum atomic E-state index is 0.316. The average molecular weight is 172 g/mol. The van der Waals surface area contributed by atoms with Crippen LogP contribution in [0.25, 0.3) is 0 Å². The number of hydrogen-bond acceptors (Lipinski definition) is 2. The third-order valence-electron chi connectivity index (χ3n) is 2.08. The molecule has 1 unspecified atom stereocenters. The van der Waals surface area contributed by atoms with Gasteiger partial charge in [-0.3, -0.25) is 4.99 Å². The van der Waals surface area contributed by atoms with Gasteiger partial charge in [-0.1, -0.05) is 30.3 Å². The number of nitrogens with one attached hydrogen (secondary N) is 1. The first-order valence-electron chi connectivity index (χ1n) is 4.43. The monoisotopic (exact) mass is 172 g/mol. The van der Waals surface area contributed by atoms with E-state index in [1.165, 1.54) is 5.56 Å². The molecular formula is C11H12N2. The molecule has 0 radical (unpaired) electrons. The molecular weight excluding hydrogens is 160 g/mol. The first-order chi connectivity index (χ1) is 6.47. The fraction of sp³-hybridized carbons (Fsp3) is 0.182. The van der Waals surface area contributed by atoms with E-state index in [-0.39, 0.29) is 0 Å². The van der Waals surface area contributed by atoms with Gasteiger partial charge in [0.2, 0.25) is 0 Å². The molecule has 1 atom stereocenters. The second-order valence-electron chi connectivity index (χ2n) is 3.00. The summed E-state index contributed by atoms with van der Waals surface area (Å²) in [5, 5.41) is 3.29. The van der Waals surface area contributed by atoms with Gasteiger partial charge in [0.25, 0.3) is 0 Å². The predicted octanol–water partition coefficient (Wildman–Crippen LogP) is 1.92. The number of aliphatic imine (C=N–C) groups is 1. The van der Waals surface area contributed by atoms with Crippen molar-refractivity contribution in [3.63, 3.8) is 0 Å². The SMILES string of the molecule is C1=CNC(c2ccccc2)CN=C1. The molecule has 2 rings (SSSR count). The Morgan fingerprint density at radius 1 is 1.23 bits per heavy atom. The quantitative estimate of drug-likeness (QED) is 0.687. The van der Waals surface area contributed by atoms with E-state index in [1.54, 1.807) is 0 Å². The molecule has 1 aliphatic heterocycles. The van der Waals surface area contributed by atoms with E-state index in [4.69, 9.17) is 0 Å². The van der Waals surface area contributed by atoms with E-state index in [9.17, 15) is 0 Å². The Hall–Kier alpha value is -1.57. The second kappa shape index (κ2) is 3.90. The normalized spacial score (nSPS) is 20.8. The maximum atomic E-state index is 4.25. The molecule has 0 bridgehead atoms. The number of allylic oxidation sites excluding steroid dienone is 1. The first kappa shape index (κ1) is 8.05. The highest BCUT2D eigenvalue weighted by molar-refractivity contribution is 5.71. The van der Waals surface area contributed by atoms with Gasteiger partial charge in [-0.15, -0.1) is 0 Å². The van der Waals surface area contributed by atoms with Crippen molar-refractivity contribution >= 4 is 6.21 Å². The number of hydrogen-bond donors (Lipinski definition) is 1. The van der Waals surface area contributed by atoms with Gasteiger partial charge in [-0.2, -0.15) is 0 Å². The topological polar surface area (TPSA) is 24.4 Å². The fourth-order valence-corrected chi connectivity index (χ4v) is 1.38. The highest BCUT2D eigenvalue weighted by atomic mass is 14.9. The predicted molar refractivity (Wildman–Crippen MR) is 54.8 cm³/mol. The Bertz CT molecular complexity index is 300. The molecule has 1 N–H and O–H groups in total. The average Bonchev–Trinajstić information content (AvgIpc) is 2.47. The Kier molecular flexibility index (Phi) is 2.41. The van der Waals surface area contributed by atoms with Crippen LogP contribution in [0, 0.1) is 0 Å². The molecule has 1 aromatic rings. The summed E-state index contributed by atoms with van der Waals surface area (Å²) in [5.41, 5.74) is 1.28. The van der Waals surface area contributed by atoms with Gasteiger partial charge >= 0.3 is 0 Å². The molecule has 0 saturated carbocycles. The van der Waals surface area contributed by atoms with Gasteiger partial charge in [0.15, 0.2) is 0 Å². The Labute approximate surface area is 78.0 Å². The lowest BCUT2D eigenvalue weighted by molar-refractivity contribution is 0.640. The summed E-state index contributed by atoms with van der Waals surface area (Å²) in [6.45, 7) is 0.803. The summed E-state index contributed by atoms with van der Waals surface area (Å²) in [6.07, 6.45) is 5.69. The smallest absolute Gasteiger partial charge is 0.0703 e. The van der Waals surface area contributed by atoms with Crippen molar-refractivity contribution in [1.82, 2.24) is 5.32 Å². The van der Waals surface area contributed by atoms with Crippen LogP contribution in [0.15, 0.2) is 47.6 Å². The molecule has 1 aliphatic rings. The van der Waals surface area contributed by atoms with Gasteiger partial charge in [-0.05, 0) is 17.8 Å². The summed E-state index contributed by atoms with van der Waals surface area (Å²) < 4.78 is 0. The minimum Gasteiger partial charge on any atom is -0.382 e. The van der Waals surface area contributed by atoms with Crippen molar-refractivity contribution < 1.29 is 0 Å². The molecule has 0 saturated heterocycles. The van der Waals surface area contributed by atoms with Crippen molar-refractivity contribution in [2.24, 2.45) is 4.99 Å². The molecule has 0 aromatic heterocycles. The summed E-state index contributed by atoms with van der Waals surface area (Å²) in [5.74, 6) is 0. The molecule has 2 nitrogen and oxygen atoms in total. The van der Waals surface area contributed by atoms with Crippen LogP contribution in [-0.4, -0.2) is 12.8 Å². The molecule has 0 fully saturated rings. The Balaban J connectivity index is 2.17. The largest absolute Gasteiger partial charge is 0.382 e. The highest BCUT2D eigenvalue weighted by Gasteiger charge is 2.07. The van der Waals surface area contributed by atoms with Gasteiger partial charge in [0.1, 0.15) is 0 Å². The zero-order valence-electron chi connectivity index (χ0n) is 7.35. The van der Waals surface area contributed by atoms with Crippen molar-refractivity contribution in [2.45, 2.75) is 6.04 Å². The van der Waals surface area contributed by atoms with E-state index in [0.29, 0.717) is 6.04 Å². The molecule has 13 heavy (non-hydrogen) atoms. The lowest BCUT2D eigenvalue weighted by Gasteiger charge is -2.13. The van der Waals surface area contributed by atoms with Gasteiger partial charge < -0.3 is 5.32 Å². The van der Waals surface area contributed by atoms with Crippen molar-refractivity contribution in [1.29, 1.82) is 0 Å². The molecule has 1 aromatic carbocycles. The minimum absolute atomic E-state index is 0.316. The summed E-state index contributed by atoms with van der Waals surface area (Å²) >= 11 is 0. The van der Waals surface area contributed by atoms with Crippen LogP contribution in [0.3, 0.4) is 0 Å². The third kappa shape index (κ3) is 1.96. The maximum Gasteiger partial charge on any atom is 0.0703 e. The highest BCUT2D eigenvalue weighted by Crippen LogP contribution is 2.13. The summed E-state index contributed by atoms with van der Waals surface area (Å²) in [7, 11) is 0. The lowest BCUT2D eigenvalue weighted by atomic mass is 10.1. The lowest BCUT2D eigenvalue weighted by Crippen LogP contribution is -2.17. The van der Waals surface area contributed by atoms with Crippen LogP contribution in [0.5, 0.6) is 0 Å². The van der Waals surface area contributed by atoms with E-state index < -0.39 is 0 Å². The molecule has 66 valence electrons. The fourth-order valence-electron chi connectivity index (χ4n) is 1.38. The van der Waals surface area contributed by atoms with Crippen LogP contribution in [0.4, 0.5) is 0 Å². The van der Waals surface area contributed by atoms with Crippen LogP contribution in [0.1, 0.15) is 11.6 Å². The second-order valence-corrected chi connectivity index (χ2v) is 3.00. The third-order valence-corrected chi connectivity index (χ3v) is 2.08. The standard InChI is InChI=1S/C11H12N2/c1-2-5-10(6-3-1)11-9-12-7-4-8-13-11/h1-8,11,13H,9H2. The maximum absolute atomic E-state index is 4.25. The van der Waals surface area contributed by atoms with Crippen LogP contribution in [0.2, 0.25) is 0 Å². The van der Waals surface area contributed by atoms with Gasteiger partial charge in [0.05, 0.1) is 12.6 Å². The van der Waals surface area contributed by atoms with E-state index in [1.807, 2.05) is 24.6 Å². The van der Waals surface area contributed by atoms with Crippen LogP contribution < -0.4 is 5.32 Å². The van der Waals surface area contributed by atoms with Crippen LogP contribution >= 0.6 is 0 Å². The van der Waals surface area contributed by atoms with E-state index >= 15 is 0 Å². The van der Waals surface area contributed by atoms with Gasteiger partial charge in [0, 0.05) is 6.21 Å². The summed E-state index contributed by atoms with van der Waals surface area (Å²) in [6, 6.07) is 10.7. The molecule has 0 spiro atoms. The number of benzene rings is 1. The van der Waals surface area contributed by atoms with Crippen molar-refractivity contribution in [3.8, 4) is 0 Å². The molecule has 0 amide bonds. The van der Waals surface area contributed by atoms with Crippen molar-refractivity contribution in [2.75, 3.05) is 6.54 Å². The zero-order chi connectivity index (χ0) is 8.93. The number of rotatable bonds is 1. The summed E-state index contributed by atoms with van der Waals surface area (Å²) in [4.78, 5) is 4.25. The first-order valence-corrected chi connectivity index (χ1v) is 4.43.